The summed E-state index contributed by atoms with van der Waals surface area (Å²) in [4.78, 5) is 16.2. The molecule has 5 heteroatoms. The molecule has 1 rings (SSSR count). The number of guanidine groups is 1. The van der Waals surface area contributed by atoms with Crippen LogP contribution in [-0.2, 0) is 12.8 Å². The Balaban J connectivity index is 2.65. The highest BCUT2D eigenvalue weighted by Crippen LogP contribution is 2.22. The van der Waals surface area contributed by atoms with Gasteiger partial charge in [0.25, 0.3) is 0 Å². The summed E-state index contributed by atoms with van der Waals surface area (Å²) >= 11 is 0. The topological polar surface area (TPSA) is 79.5 Å². The average molecular weight is 304 g/mol. The summed E-state index contributed by atoms with van der Waals surface area (Å²) in [5, 5.41) is 5.49. The fraction of sp³-hybridized carbons (Fsp3) is 0.529. The van der Waals surface area contributed by atoms with Crippen molar-refractivity contribution in [2.45, 2.75) is 52.9 Å². The quantitative estimate of drug-likeness (QED) is 0.410. The van der Waals surface area contributed by atoms with E-state index in [1.54, 1.807) is 0 Å². The number of aliphatic imine (C=N–C) groups is 1. The first-order valence-corrected chi connectivity index (χ1v) is 8.11. The zero-order chi connectivity index (χ0) is 16.4. The standard InChI is InChI=1S/C17H28N4O/c1-4-7-8-12-19-16(18)21-17(22)20-15-13(5-2)10-9-11-14(15)6-3/h9-11H,4-8,12H2,1-3H3,(H4,18,19,20,21,22). The number of nitrogens with zero attached hydrogens (tertiary/aromatic N) is 1. The zero-order valence-corrected chi connectivity index (χ0v) is 13.9. The summed E-state index contributed by atoms with van der Waals surface area (Å²) < 4.78 is 0. The van der Waals surface area contributed by atoms with Gasteiger partial charge < -0.3 is 11.1 Å². The Morgan fingerprint density at radius 1 is 1.14 bits per heavy atom. The number of carbonyl (C=O) groups excluding carboxylic acids is 1. The van der Waals surface area contributed by atoms with Gasteiger partial charge in [-0.15, -0.1) is 0 Å². The number of amides is 2. The van der Waals surface area contributed by atoms with Gasteiger partial charge in [0.15, 0.2) is 5.96 Å². The Kier molecular flexibility index (Phi) is 8.04. The van der Waals surface area contributed by atoms with Crippen LogP contribution in [0.25, 0.3) is 0 Å². The van der Waals surface area contributed by atoms with Crippen molar-refractivity contribution in [1.29, 1.82) is 0 Å². The highest BCUT2D eigenvalue weighted by molar-refractivity contribution is 6.02. The van der Waals surface area contributed by atoms with Crippen LogP contribution in [0.5, 0.6) is 0 Å². The van der Waals surface area contributed by atoms with E-state index in [1.807, 2.05) is 18.2 Å². The van der Waals surface area contributed by atoms with Crippen LogP contribution in [0.1, 0.15) is 51.2 Å². The molecule has 0 saturated carbocycles. The lowest BCUT2D eigenvalue weighted by Gasteiger charge is -2.14. The number of hydrogen-bond acceptors (Lipinski definition) is 2. The van der Waals surface area contributed by atoms with Crippen LogP contribution in [0, 0.1) is 0 Å². The molecule has 22 heavy (non-hydrogen) atoms. The first-order chi connectivity index (χ1) is 10.6. The second kappa shape index (κ2) is 9.82. The van der Waals surface area contributed by atoms with E-state index in [-0.39, 0.29) is 12.0 Å². The molecule has 0 radical (unpaired) electrons. The highest BCUT2D eigenvalue weighted by Gasteiger charge is 2.10. The molecule has 0 unspecified atom stereocenters. The monoisotopic (exact) mass is 304 g/mol. The van der Waals surface area contributed by atoms with Crippen LogP contribution in [0.4, 0.5) is 10.5 Å². The molecule has 0 aromatic heterocycles. The van der Waals surface area contributed by atoms with E-state index in [2.05, 4.69) is 36.4 Å². The number of unbranched alkanes of at least 4 members (excludes halogenated alkanes) is 2. The van der Waals surface area contributed by atoms with E-state index in [4.69, 9.17) is 5.73 Å². The van der Waals surface area contributed by atoms with Gasteiger partial charge in [0.05, 0.1) is 0 Å². The van der Waals surface area contributed by atoms with Crippen LogP contribution in [0.2, 0.25) is 0 Å². The van der Waals surface area contributed by atoms with Gasteiger partial charge in [-0.2, -0.15) is 0 Å². The molecule has 0 aliphatic carbocycles. The number of urea groups is 1. The van der Waals surface area contributed by atoms with Gasteiger partial charge in [0.1, 0.15) is 0 Å². The van der Waals surface area contributed by atoms with Gasteiger partial charge in [-0.05, 0) is 30.4 Å². The van der Waals surface area contributed by atoms with Crippen molar-refractivity contribution in [2.24, 2.45) is 10.7 Å². The molecule has 1 aromatic rings. The molecule has 0 heterocycles. The highest BCUT2D eigenvalue weighted by atomic mass is 16.2. The summed E-state index contributed by atoms with van der Waals surface area (Å²) in [5.41, 5.74) is 8.85. The predicted octanol–water partition coefficient (Wildman–Crippen LogP) is 3.44. The number of anilines is 1. The number of hydrogen-bond donors (Lipinski definition) is 3. The molecular weight excluding hydrogens is 276 g/mol. The van der Waals surface area contributed by atoms with E-state index < -0.39 is 0 Å². The number of para-hydroxylation sites is 1. The fourth-order valence-electron chi connectivity index (χ4n) is 2.27. The van der Waals surface area contributed by atoms with Crippen LogP contribution >= 0.6 is 0 Å². The van der Waals surface area contributed by atoms with Crippen molar-refractivity contribution in [3.63, 3.8) is 0 Å². The maximum Gasteiger partial charge on any atom is 0.326 e. The number of nitrogens with one attached hydrogen (secondary N) is 2. The minimum atomic E-state index is -0.340. The minimum absolute atomic E-state index is 0.167. The SMILES string of the molecule is CCCCCN=C(N)NC(=O)Nc1c(CC)cccc1CC. The molecule has 2 amide bonds. The summed E-state index contributed by atoms with van der Waals surface area (Å²) in [6.45, 7) is 6.92. The summed E-state index contributed by atoms with van der Waals surface area (Å²) in [6.07, 6.45) is 4.97. The molecular formula is C17H28N4O. The van der Waals surface area contributed by atoms with Gasteiger partial charge in [-0.25, -0.2) is 4.79 Å². The third kappa shape index (κ3) is 5.76. The van der Waals surface area contributed by atoms with E-state index in [1.165, 1.54) is 0 Å². The molecule has 0 saturated heterocycles. The number of carbonyl (C=O) groups is 1. The first kappa shape index (κ1) is 18.0. The Bertz CT molecular complexity index is 489. The maximum absolute atomic E-state index is 12.1. The normalized spacial score (nSPS) is 11.3. The molecule has 4 N–H and O–H groups in total. The van der Waals surface area contributed by atoms with E-state index >= 15 is 0 Å². The van der Waals surface area contributed by atoms with Gasteiger partial charge in [0.2, 0.25) is 0 Å². The number of rotatable bonds is 7. The predicted molar refractivity (Wildman–Crippen MR) is 93.4 cm³/mol. The first-order valence-electron chi connectivity index (χ1n) is 8.11. The minimum Gasteiger partial charge on any atom is -0.370 e. The molecule has 0 aliphatic heterocycles. The maximum atomic E-state index is 12.1. The van der Waals surface area contributed by atoms with E-state index in [0.29, 0.717) is 6.54 Å². The van der Waals surface area contributed by atoms with Crippen molar-refractivity contribution in [2.75, 3.05) is 11.9 Å². The Hall–Kier alpha value is -2.04. The molecule has 0 aliphatic rings. The third-order valence-electron chi connectivity index (χ3n) is 3.52. The van der Waals surface area contributed by atoms with Gasteiger partial charge in [0, 0.05) is 12.2 Å². The van der Waals surface area contributed by atoms with Gasteiger partial charge in [-0.3, -0.25) is 10.3 Å². The van der Waals surface area contributed by atoms with E-state index in [0.717, 1.165) is 48.9 Å². The van der Waals surface area contributed by atoms with E-state index in [9.17, 15) is 4.79 Å². The Morgan fingerprint density at radius 3 is 2.32 bits per heavy atom. The lowest BCUT2D eigenvalue weighted by Crippen LogP contribution is -2.40. The molecule has 122 valence electrons. The number of nitrogens with two attached hydrogens (primary N) is 1. The average Bonchev–Trinajstić information content (AvgIpc) is 2.51. The van der Waals surface area contributed by atoms with Gasteiger partial charge >= 0.3 is 6.03 Å². The molecule has 5 nitrogen and oxygen atoms in total. The lowest BCUT2D eigenvalue weighted by atomic mass is 10.0. The molecule has 0 spiro atoms. The largest absolute Gasteiger partial charge is 0.370 e. The molecule has 0 bridgehead atoms. The summed E-state index contributed by atoms with van der Waals surface area (Å²) in [7, 11) is 0. The van der Waals surface area contributed by atoms with Crippen molar-refractivity contribution in [3.05, 3.63) is 29.3 Å². The lowest BCUT2D eigenvalue weighted by molar-refractivity contribution is 0.256. The second-order valence-electron chi connectivity index (χ2n) is 5.21. The van der Waals surface area contributed by atoms with Crippen molar-refractivity contribution >= 4 is 17.7 Å². The third-order valence-corrected chi connectivity index (χ3v) is 3.52. The van der Waals surface area contributed by atoms with Crippen molar-refractivity contribution < 1.29 is 4.79 Å². The Morgan fingerprint density at radius 2 is 1.77 bits per heavy atom. The van der Waals surface area contributed by atoms with Gasteiger partial charge in [-0.1, -0.05) is 51.8 Å². The molecule has 0 fully saturated rings. The number of aryl methyl sites for hydroxylation is 2. The molecule has 0 atom stereocenters. The van der Waals surface area contributed by atoms with Crippen molar-refractivity contribution in [1.82, 2.24) is 5.32 Å². The van der Waals surface area contributed by atoms with Crippen LogP contribution in [-0.4, -0.2) is 18.5 Å². The number of benzene rings is 1. The molecule has 1 aromatic carbocycles. The summed E-state index contributed by atoms with van der Waals surface area (Å²) in [5.74, 6) is 0.167. The van der Waals surface area contributed by atoms with Crippen LogP contribution in [0.15, 0.2) is 23.2 Å². The second-order valence-corrected chi connectivity index (χ2v) is 5.21. The van der Waals surface area contributed by atoms with Crippen LogP contribution < -0.4 is 16.4 Å². The summed E-state index contributed by atoms with van der Waals surface area (Å²) in [6, 6.07) is 5.73. The van der Waals surface area contributed by atoms with Crippen molar-refractivity contribution in [3.8, 4) is 0 Å². The van der Waals surface area contributed by atoms with Crippen LogP contribution in [0.3, 0.4) is 0 Å². The Labute approximate surface area is 133 Å². The smallest absolute Gasteiger partial charge is 0.326 e. The fourth-order valence-corrected chi connectivity index (χ4v) is 2.27. The zero-order valence-electron chi connectivity index (χ0n) is 13.9.